The number of carbonyl (C=O) groups is 2. The lowest BCUT2D eigenvalue weighted by atomic mass is 10.1. The molecule has 9 nitrogen and oxygen atoms in total. The molecule has 6 rings (SSSR count). The lowest BCUT2D eigenvalue weighted by Crippen LogP contribution is -2.26. The molecule has 2 aromatic heterocycles. The Morgan fingerprint density at radius 3 is 2.27 bits per heavy atom. The maximum absolute atomic E-state index is 12.8. The first-order valence-electron chi connectivity index (χ1n) is 12.7. The van der Waals surface area contributed by atoms with E-state index in [0.717, 1.165) is 22.3 Å². The maximum atomic E-state index is 12.8. The molecule has 0 aliphatic carbocycles. The third-order valence-electron chi connectivity index (χ3n) is 6.52. The number of aryl methyl sites for hydroxylation is 1. The van der Waals surface area contributed by atoms with Crippen molar-refractivity contribution in [2.24, 2.45) is 5.10 Å². The molecule has 9 heteroatoms. The quantitative estimate of drug-likeness (QED) is 0.218. The third kappa shape index (κ3) is 4.47. The van der Waals surface area contributed by atoms with E-state index in [1.165, 1.54) is 18.9 Å². The monoisotopic (exact) mass is 531 g/mol. The number of pyridine rings is 1. The minimum atomic E-state index is -0.934. The highest BCUT2D eigenvalue weighted by Gasteiger charge is 2.36. The molecule has 0 radical (unpaired) electrons. The van der Waals surface area contributed by atoms with Gasteiger partial charge < -0.3 is 9.47 Å². The standard InChI is InChI=1S/C31H25N5O4/c1-19-28-25(30-34-35(20(2)37)31(40-30)24-16-10-11-17-27(24)39-21(3)38)18-26(22-12-6-4-7-13-22)32-29(28)36(33-19)23-14-8-5-9-15-23/h4-18,31H,1-3H3. The van der Waals surface area contributed by atoms with Gasteiger partial charge in [0.1, 0.15) is 5.75 Å². The van der Waals surface area contributed by atoms with E-state index in [9.17, 15) is 9.59 Å². The number of benzene rings is 3. The van der Waals surface area contributed by atoms with Crippen LogP contribution in [-0.2, 0) is 14.3 Å². The minimum absolute atomic E-state index is 0.234. The summed E-state index contributed by atoms with van der Waals surface area (Å²) in [5.74, 6) is -0.282. The first kappa shape index (κ1) is 25.0. The number of esters is 1. The van der Waals surface area contributed by atoms with Crippen LogP contribution in [-0.4, -0.2) is 37.5 Å². The number of aromatic nitrogens is 3. The zero-order valence-corrected chi connectivity index (χ0v) is 22.1. The van der Waals surface area contributed by atoms with Gasteiger partial charge in [0.2, 0.25) is 18.0 Å². The molecule has 40 heavy (non-hydrogen) atoms. The van der Waals surface area contributed by atoms with E-state index in [1.54, 1.807) is 28.9 Å². The lowest BCUT2D eigenvalue weighted by molar-refractivity contribution is -0.135. The normalized spacial score (nSPS) is 14.6. The number of hydrogen-bond donors (Lipinski definition) is 0. The van der Waals surface area contributed by atoms with Crippen LogP contribution in [0.4, 0.5) is 0 Å². The summed E-state index contributed by atoms with van der Waals surface area (Å²) >= 11 is 0. The molecular formula is C31H25N5O4. The third-order valence-corrected chi connectivity index (χ3v) is 6.52. The molecule has 0 spiro atoms. The molecule has 0 saturated heterocycles. The van der Waals surface area contributed by atoms with Crippen molar-refractivity contribution < 1.29 is 19.1 Å². The van der Waals surface area contributed by atoms with Crippen molar-refractivity contribution in [3.63, 3.8) is 0 Å². The largest absolute Gasteiger partial charge is 0.445 e. The predicted octanol–water partition coefficient (Wildman–Crippen LogP) is 5.56. The highest BCUT2D eigenvalue weighted by Crippen LogP contribution is 2.38. The van der Waals surface area contributed by atoms with E-state index in [4.69, 9.17) is 19.6 Å². The van der Waals surface area contributed by atoms with Gasteiger partial charge in [0.05, 0.1) is 33.6 Å². The number of hydrazone groups is 1. The molecule has 0 fully saturated rings. The van der Waals surface area contributed by atoms with Gasteiger partial charge in [-0.05, 0) is 37.3 Å². The van der Waals surface area contributed by atoms with Crippen molar-refractivity contribution in [2.75, 3.05) is 0 Å². The average molecular weight is 532 g/mol. The molecule has 3 heterocycles. The molecule has 0 N–H and O–H groups in total. The number of nitrogens with zero attached hydrogens (tertiary/aromatic N) is 5. The van der Waals surface area contributed by atoms with Crippen LogP contribution in [0.3, 0.4) is 0 Å². The molecule has 1 amide bonds. The van der Waals surface area contributed by atoms with E-state index < -0.39 is 12.2 Å². The number of amides is 1. The van der Waals surface area contributed by atoms with Gasteiger partial charge in [-0.25, -0.2) is 9.67 Å². The highest BCUT2D eigenvalue weighted by molar-refractivity contribution is 6.08. The van der Waals surface area contributed by atoms with Crippen molar-refractivity contribution in [1.82, 2.24) is 19.8 Å². The number of para-hydroxylation sites is 2. The van der Waals surface area contributed by atoms with Crippen LogP contribution in [0.1, 0.15) is 36.9 Å². The van der Waals surface area contributed by atoms with Crippen molar-refractivity contribution >= 4 is 28.8 Å². The maximum Gasteiger partial charge on any atom is 0.308 e. The van der Waals surface area contributed by atoms with E-state index in [-0.39, 0.29) is 11.8 Å². The van der Waals surface area contributed by atoms with E-state index in [1.807, 2.05) is 73.7 Å². The summed E-state index contributed by atoms with van der Waals surface area (Å²) in [5.41, 5.74) is 4.96. The number of ether oxygens (including phenoxy) is 2. The van der Waals surface area contributed by atoms with E-state index in [0.29, 0.717) is 28.2 Å². The Balaban J connectivity index is 1.54. The molecule has 5 aromatic rings. The molecular weight excluding hydrogens is 506 g/mol. The van der Waals surface area contributed by atoms with Crippen molar-refractivity contribution in [3.8, 4) is 22.7 Å². The van der Waals surface area contributed by atoms with Crippen LogP contribution in [0.2, 0.25) is 0 Å². The Labute approximate surface area is 230 Å². The summed E-state index contributed by atoms with van der Waals surface area (Å²) < 4.78 is 13.6. The summed E-state index contributed by atoms with van der Waals surface area (Å²) in [6.45, 7) is 4.64. The molecule has 1 atom stereocenters. The van der Waals surface area contributed by atoms with Crippen LogP contribution >= 0.6 is 0 Å². The van der Waals surface area contributed by atoms with Crippen molar-refractivity contribution in [3.05, 3.63) is 108 Å². The number of hydrogen-bond acceptors (Lipinski definition) is 7. The summed E-state index contributed by atoms with van der Waals surface area (Å²) in [7, 11) is 0. The summed E-state index contributed by atoms with van der Waals surface area (Å²) in [6.07, 6.45) is -0.934. The molecule has 198 valence electrons. The van der Waals surface area contributed by atoms with Crippen molar-refractivity contribution in [1.29, 1.82) is 0 Å². The fourth-order valence-electron chi connectivity index (χ4n) is 4.77. The van der Waals surface area contributed by atoms with Crippen LogP contribution < -0.4 is 4.74 Å². The fourth-order valence-corrected chi connectivity index (χ4v) is 4.77. The molecule has 1 aliphatic heterocycles. The Morgan fingerprint density at radius 1 is 0.900 bits per heavy atom. The van der Waals surface area contributed by atoms with Gasteiger partial charge in [-0.1, -0.05) is 60.7 Å². The highest BCUT2D eigenvalue weighted by atomic mass is 16.5. The topological polar surface area (TPSA) is 98.9 Å². The summed E-state index contributed by atoms with van der Waals surface area (Å²) in [5, 5.41) is 11.4. The van der Waals surface area contributed by atoms with Gasteiger partial charge in [0.15, 0.2) is 5.65 Å². The first-order chi connectivity index (χ1) is 19.4. The van der Waals surface area contributed by atoms with Crippen LogP contribution in [0.25, 0.3) is 28.0 Å². The molecule has 3 aromatic carbocycles. The smallest absolute Gasteiger partial charge is 0.308 e. The Kier molecular flexibility index (Phi) is 6.31. The fraction of sp³-hybridized carbons (Fsp3) is 0.129. The Hall–Kier alpha value is -5.31. The molecule has 1 aliphatic rings. The van der Waals surface area contributed by atoms with E-state index in [2.05, 4.69) is 5.10 Å². The van der Waals surface area contributed by atoms with Crippen LogP contribution in [0.15, 0.2) is 96.1 Å². The lowest BCUT2D eigenvalue weighted by Gasteiger charge is -2.21. The van der Waals surface area contributed by atoms with Crippen LogP contribution in [0, 0.1) is 6.92 Å². The second kappa shape index (κ2) is 10.1. The zero-order chi connectivity index (χ0) is 27.8. The SMILES string of the molecule is CC(=O)Oc1ccccc1C1OC(c2cc(-c3ccccc3)nc3c2c(C)nn3-c2ccccc2)=NN1C(C)=O. The second-order valence-electron chi connectivity index (χ2n) is 9.32. The van der Waals surface area contributed by atoms with Crippen LogP contribution in [0.5, 0.6) is 5.75 Å². The average Bonchev–Trinajstić information content (AvgIpc) is 3.56. The number of carbonyl (C=O) groups excluding carboxylic acids is 2. The van der Waals surface area contributed by atoms with Gasteiger partial charge in [-0.3, -0.25) is 9.59 Å². The summed E-state index contributed by atoms with van der Waals surface area (Å²) in [6, 6.07) is 28.4. The summed E-state index contributed by atoms with van der Waals surface area (Å²) in [4.78, 5) is 29.5. The molecule has 1 unspecified atom stereocenters. The minimum Gasteiger partial charge on any atom is -0.445 e. The Bertz CT molecular complexity index is 1780. The van der Waals surface area contributed by atoms with E-state index >= 15 is 0 Å². The molecule has 0 saturated carbocycles. The number of rotatable bonds is 5. The van der Waals surface area contributed by atoms with Gasteiger partial charge in [-0.2, -0.15) is 10.1 Å². The Morgan fingerprint density at radius 2 is 1.57 bits per heavy atom. The van der Waals surface area contributed by atoms with Crippen molar-refractivity contribution in [2.45, 2.75) is 27.0 Å². The van der Waals surface area contributed by atoms with Gasteiger partial charge >= 0.3 is 5.97 Å². The van der Waals surface area contributed by atoms with Gasteiger partial charge in [0, 0.05) is 19.4 Å². The van der Waals surface area contributed by atoms with Gasteiger partial charge in [0.25, 0.3) is 0 Å². The van der Waals surface area contributed by atoms with Gasteiger partial charge in [-0.15, -0.1) is 5.10 Å². The zero-order valence-electron chi connectivity index (χ0n) is 22.1. The first-order valence-corrected chi connectivity index (χ1v) is 12.7. The predicted molar refractivity (Wildman–Crippen MR) is 150 cm³/mol. The number of fused-ring (bicyclic) bond motifs is 1. The second-order valence-corrected chi connectivity index (χ2v) is 9.32. The molecule has 0 bridgehead atoms.